The van der Waals surface area contributed by atoms with Gasteiger partial charge < -0.3 is 24.9 Å². The smallest absolute Gasteiger partial charge is 0.322 e. The molecule has 0 atom stereocenters. The van der Waals surface area contributed by atoms with Gasteiger partial charge in [0.25, 0.3) is 0 Å². The number of carbonyl (C=O) groups is 3. The SMILES string of the molecule is Cc1cccc(N2CCN(C(=O)CN3CCN(C(=O)Nc4ccc(Cl)cc4)CC3=O)CC2)c1C. The molecule has 4 rings (SSSR count). The number of nitrogens with one attached hydrogen (secondary N) is 1. The van der Waals surface area contributed by atoms with Crippen LogP contribution in [-0.4, -0.2) is 84.9 Å². The number of benzene rings is 2. The Morgan fingerprint density at radius 2 is 1.59 bits per heavy atom. The van der Waals surface area contributed by atoms with Crippen LogP contribution in [0.25, 0.3) is 0 Å². The number of aryl methyl sites for hydroxylation is 1. The topological polar surface area (TPSA) is 76.2 Å². The highest BCUT2D eigenvalue weighted by atomic mass is 35.5. The first-order valence-corrected chi connectivity index (χ1v) is 11.9. The van der Waals surface area contributed by atoms with Gasteiger partial charge >= 0.3 is 6.03 Å². The first kappa shape index (κ1) is 23.9. The van der Waals surface area contributed by atoms with E-state index in [1.165, 1.54) is 21.7 Å². The highest BCUT2D eigenvalue weighted by Crippen LogP contribution is 2.24. The lowest BCUT2D eigenvalue weighted by Crippen LogP contribution is -2.57. The predicted molar refractivity (Wildman–Crippen MR) is 133 cm³/mol. The van der Waals surface area contributed by atoms with E-state index in [4.69, 9.17) is 11.6 Å². The minimum Gasteiger partial charge on any atom is -0.368 e. The van der Waals surface area contributed by atoms with Crippen LogP contribution in [-0.2, 0) is 9.59 Å². The molecule has 1 N–H and O–H groups in total. The molecule has 34 heavy (non-hydrogen) atoms. The number of halogens is 1. The first-order valence-electron chi connectivity index (χ1n) is 11.5. The molecule has 2 aliphatic heterocycles. The summed E-state index contributed by atoms with van der Waals surface area (Å²) in [5.41, 5.74) is 4.36. The normalized spacial score (nSPS) is 16.6. The van der Waals surface area contributed by atoms with E-state index >= 15 is 0 Å². The van der Waals surface area contributed by atoms with Crippen LogP contribution in [0.15, 0.2) is 42.5 Å². The summed E-state index contributed by atoms with van der Waals surface area (Å²) in [4.78, 5) is 45.2. The molecular weight excluding hydrogens is 454 g/mol. The first-order chi connectivity index (χ1) is 16.3. The maximum atomic E-state index is 12.9. The number of piperazine rings is 2. The number of rotatable bonds is 4. The van der Waals surface area contributed by atoms with E-state index in [9.17, 15) is 14.4 Å². The second-order valence-electron chi connectivity index (χ2n) is 8.76. The van der Waals surface area contributed by atoms with E-state index in [-0.39, 0.29) is 30.9 Å². The van der Waals surface area contributed by atoms with E-state index in [1.54, 1.807) is 29.2 Å². The van der Waals surface area contributed by atoms with E-state index in [0.717, 1.165) is 13.1 Å². The maximum absolute atomic E-state index is 12.9. The molecule has 0 spiro atoms. The Kier molecular flexibility index (Phi) is 7.26. The molecule has 8 nitrogen and oxygen atoms in total. The van der Waals surface area contributed by atoms with Crippen LogP contribution in [0, 0.1) is 13.8 Å². The quantitative estimate of drug-likeness (QED) is 0.725. The lowest BCUT2D eigenvalue weighted by molar-refractivity contribution is -0.143. The molecule has 2 aromatic carbocycles. The Labute approximate surface area is 205 Å². The molecule has 0 aliphatic carbocycles. The fourth-order valence-corrected chi connectivity index (χ4v) is 4.45. The van der Waals surface area contributed by atoms with Crippen molar-refractivity contribution in [1.82, 2.24) is 14.7 Å². The molecule has 2 aromatic rings. The van der Waals surface area contributed by atoms with Crippen molar-refractivity contribution in [2.24, 2.45) is 0 Å². The monoisotopic (exact) mass is 483 g/mol. The Balaban J connectivity index is 1.25. The van der Waals surface area contributed by atoms with E-state index in [1.807, 2.05) is 4.90 Å². The number of nitrogens with zero attached hydrogens (tertiary/aromatic N) is 4. The maximum Gasteiger partial charge on any atom is 0.322 e. The molecule has 2 saturated heterocycles. The highest BCUT2D eigenvalue weighted by molar-refractivity contribution is 6.30. The van der Waals surface area contributed by atoms with Gasteiger partial charge in [0.15, 0.2) is 0 Å². The number of urea groups is 1. The summed E-state index contributed by atoms with van der Waals surface area (Å²) < 4.78 is 0. The van der Waals surface area contributed by atoms with Crippen molar-refractivity contribution in [3.8, 4) is 0 Å². The number of hydrogen-bond acceptors (Lipinski definition) is 4. The van der Waals surface area contributed by atoms with Gasteiger partial charge in [-0.25, -0.2) is 4.79 Å². The fourth-order valence-electron chi connectivity index (χ4n) is 4.32. The molecule has 0 aromatic heterocycles. The number of anilines is 2. The zero-order chi connectivity index (χ0) is 24.2. The van der Waals surface area contributed by atoms with Crippen LogP contribution >= 0.6 is 11.6 Å². The molecule has 0 bridgehead atoms. The fraction of sp³-hybridized carbons (Fsp3) is 0.400. The van der Waals surface area contributed by atoms with E-state index in [2.05, 4.69) is 42.3 Å². The van der Waals surface area contributed by atoms with Crippen LogP contribution in [0.3, 0.4) is 0 Å². The third kappa shape index (κ3) is 5.44. The van der Waals surface area contributed by atoms with Gasteiger partial charge in [-0.05, 0) is 55.3 Å². The van der Waals surface area contributed by atoms with Crippen molar-refractivity contribution in [3.05, 3.63) is 58.6 Å². The van der Waals surface area contributed by atoms with Crippen molar-refractivity contribution in [3.63, 3.8) is 0 Å². The lowest BCUT2D eigenvalue weighted by atomic mass is 10.1. The Morgan fingerprint density at radius 1 is 0.912 bits per heavy atom. The van der Waals surface area contributed by atoms with Gasteiger partial charge in [0, 0.05) is 55.7 Å². The lowest BCUT2D eigenvalue weighted by Gasteiger charge is -2.39. The summed E-state index contributed by atoms with van der Waals surface area (Å²) in [6, 6.07) is 12.7. The summed E-state index contributed by atoms with van der Waals surface area (Å²) in [6.45, 7) is 7.74. The second kappa shape index (κ2) is 10.3. The molecule has 180 valence electrons. The van der Waals surface area contributed by atoms with Crippen molar-refractivity contribution in [2.45, 2.75) is 13.8 Å². The second-order valence-corrected chi connectivity index (χ2v) is 9.20. The Bertz CT molecular complexity index is 1070. The zero-order valence-electron chi connectivity index (χ0n) is 19.6. The number of amides is 4. The summed E-state index contributed by atoms with van der Waals surface area (Å²) in [7, 11) is 0. The average molecular weight is 484 g/mol. The third-order valence-electron chi connectivity index (χ3n) is 6.58. The molecule has 2 heterocycles. The van der Waals surface area contributed by atoms with Gasteiger partial charge in [-0.3, -0.25) is 9.59 Å². The third-order valence-corrected chi connectivity index (χ3v) is 6.83. The molecule has 2 fully saturated rings. The molecule has 0 unspecified atom stereocenters. The summed E-state index contributed by atoms with van der Waals surface area (Å²) >= 11 is 5.87. The van der Waals surface area contributed by atoms with Crippen LogP contribution < -0.4 is 10.2 Å². The van der Waals surface area contributed by atoms with Gasteiger partial charge in [-0.1, -0.05) is 23.7 Å². The number of hydrogen-bond donors (Lipinski definition) is 1. The average Bonchev–Trinajstić information content (AvgIpc) is 2.83. The van der Waals surface area contributed by atoms with Gasteiger partial charge in [-0.15, -0.1) is 0 Å². The van der Waals surface area contributed by atoms with Crippen LogP contribution in [0.4, 0.5) is 16.2 Å². The molecule has 2 aliphatic rings. The van der Waals surface area contributed by atoms with Gasteiger partial charge in [0.05, 0.1) is 6.54 Å². The molecule has 4 amide bonds. The largest absolute Gasteiger partial charge is 0.368 e. The van der Waals surface area contributed by atoms with Crippen LogP contribution in [0.1, 0.15) is 11.1 Å². The van der Waals surface area contributed by atoms with Crippen molar-refractivity contribution >= 4 is 40.8 Å². The van der Waals surface area contributed by atoms with Crippen molar-refractivity contribution in [2.75, 3.05) is 62.6 Å². The zero-order valence-corrected chi connectivity index (χ0v) is 20.3. The summed E-state index contributed by atoms with van der Waals surface area (Å²) in [5, 5.41) is 3.35. The minimum absolute atomic E-state index is 0.0481. The van der Waals surface area contributed by atoms with Crippen molar-refractivity contribution < 1.29 is 14.4 Å². The van der Waals surface area contributed by atoms with Gasteiger partial charge in [0.2, 0.25) is 11.8 Å². The summed E-state index contributed by atoms with van der Waals surface area (Å²) in [5.74, 6) is -0.270. The summed E-state index contributed by atoms with van der Waals surface area (Å²) in [6.07, 6.45) is 0. The molecular formula is C25H30ClN5O3. The molecule has 0 radical (unpaired) electrons. The van der Waals surface area contributed by atoms with Gasteiger partial charge in [0.1, 0.15) is 6.54 Å². The predicted octanol–water partition coefficient (Wildman–Crippen LogP) is 2.98. The van der Waals surface area contributed by atoms with Crippen LogP contribution in [0.5, 0.6) is 0 Å². The van der Waals surface area contributed by atoms with E-state index < -0.39 is 0 Å². The van der Waals surface area contributed by atoms with E-state index in [0.29, 0.717) is 36.9 Å². The Hall–Kier alpha value is -3.26. The number of carbonyl (C=O) groups excluding carboxylic acids is 3. The highest BCUT2D eigenvalue weighted by Gasteiger charge is 2.30. The molecule has 9 heteroatoms. The van der Waals surface area contributed by atoms with Crippen LogP contribution in [0.2, 0.25) is 5.02 Å². The minimum atomic E-state index is -0.343. The van der Waals surface area contributed by atoms with Gasteiger partial charge in [-0.2, -0.15) is 0 Å². The molecule has 0 saturated carbocycles. The Morgan fingerprint density at radius 3 is 2.26 bits per heavy atom. The standard InChI is InChI=1S/C25H30ClN5O3/c1-18-4-3-5-22(19(18)2)28-10-12-29(13-11-28)23(32)16-30-14-15-31(17-24(30)33)25(34)27-21-8-6-20(26)7-9-21/h3-9H,10-17H2,1-2H3,(H,27,34). The van der Waals surface area contributed by atoms with Crippen molar-refractivity contribution in [1.29, 1.82) is 0 Å².